The van der Waals surface area contributed by atoms with E-state index >= 15 is 0 Å². The Morgan fingerprint density at radius 2 is 1.59 bits per heavy atom. The molecule has 0 unspecified atom stereocenters. The number of hydrogen-bond donors (Lipinski definition) is 1. The molecule has 0 atom stereocenters. The maximum atomic E-state index is 12.8. The number of nitrogens with one attached hydrogen (secondary N) is 1. The Hall–Kier alpha value is -1.80. The lowest BCUT2D eigenvalue weighted by Gasteiger charge is -2.34. The van der Waals surface area contributed by atoms with Gasteiger partial charge in [-0.25, -0.2) is 0 Å². The van der Waals surface area contributed by atoms with Crippen molar-refractivity contribution >= 4 is 34.8 Å². The molecule has 0 saturated carbocycles. The summed E-state index contributed by atoms with van der Waals surface area (Å²) in [5.74, 6) is -0.391. The lowest BCUT2D eigenvalue weighted by molar-refractivity contribution is -0.137. The van der Waals surface area contributed by atoms with Crippen molar-refractivity contribution in [2.75, 3.05) is 38.0 Å². The number of nitrogens with zero attached hydrogens (tertiary/aromatic N) is 2. The Bertz CT molecular complexity index is 851. The fraction of sp³-hybridized carbons (Fsp3) is 0.350. The molecule has 3 rings (SSSR count). The number of anilines is 1. The Balaban J connectivity index is 1.49. The fourth-order valence-corrected chi connectivity index (χ4v) is 3.43. The van der Waals surface area contributed by atoms with Gasteiger partial charge in [-0.15, -0.1) is 0 Å². The van der Waals surface area contributed by atoms with E-state index in [0.29, 0.717) is 18.1 Å². The molecule has 1 heterocycles. The summed E-state index contributed by atoms with van der Waals surface area (Å²) in [6.45, 7) is 3.87. The molecule has 1 amide bonds. The standard InChI is InChI=1S/C20H20Cl2F3N3O/c21-16-4-1-14(2-5-16)12-27-7-9-28(10-8-27)13-19(29)26-18-11-15(20(23,24)25)3-6-17(18)22/h1-6,11H,7-10,12-13H2,(H,26,29). The van der Waals surface area contributed by atoms with Crippen LogP contribution in [0.15, 0.2) is 42.5 Å². The molecule has 1 saturated heterocycles. The molecule has 1 aliphatic heterocycles. The van der Waals surface area contributed by atoms with E-state index in [1.165, 1.54) is 5.56 Å². The van der Waals surface area contributed by atoms with Gasteiger partial charge in [0.1, 0.15) is 0 Å². The van der Waals surface area contributed by atoms with E-state index in [9.17, 15) is 18.0 Å². The van der Waals surface area contributed by atoms with Gasteiger partial charge in [-0.3, -0.25) is 14.6 Å². The first kappa shape index (κ1) is 21.9. The fourth-order valence-electron chi connectivity index (χ4n) is 3.14. The molecule has 0 aromatic heterocycles. The van der Waals surface area contributed by atoms with Crippen LogP contribution in [-0.4, -0.2) is 48.4 Å². The van der Waals surface area contributed by atoms with Crippen LogP contribution in [0.3, 0.4) is 0 Å². The second-order valence-electron chi connectivity index (χ2n) is 6.92. The number of alkyl halides is 3. The lowest BCUT2D eigenvalue weighted by Crippen LogP contribution is -2.48. The Morgan fingerprint density at radius 3 is 2.21 bits per heavy atom. The molecule has 2 aromatic carbocycles. The smallest absolute Gasteiger partial charge is 0.324 e. The van der Waals surface area contributed by atoms with E-state index in [-0.39, 0.29) is 17.3 Å². The monoisotopic (exact) mass is 445 g/mol. The Morgan fingerprint density at radius 1 is 0.966 bits per heavy atom. The highest BCUT2D eigenvalue weighted by molar-refractivity contribution is 6.33. The van der Waals surface area contributed by atoms with E-state index < -0.39 is 17.6 Å². The zero-order chi connectivity index (χ0) is 21.0. The van der Waals surface area contributed by atoms with Gasteiger partial charge in [0.2, 0.25) is 5.91 Å². The highest BCUT2D eigenvalue weighted by Gasteiger charge is 2.31. The van der Waals surface area contributed by atoms with E-state index in [1.807, 2.05) is 29.2 Å². The molecule has 0 aliphatic carbocycles. The summed E-state index contributed by atoms with van der Waals surface area (Å²) in [6.07, 6.45) is -4.50. The Kier molecular flexibility index (Phi) is 7.05. The summed E-state index contributed by atoms with van der Waals surface area (Å²) in [6, 6.07) is 10.6. The van der Waals surface area contributed by atoms with Crippen LogP contribution in [-0.2, 0) is 17.5 Å². The van der Waals surface area contributed by atoms with Gasteiger partial charge < -0.3 is 5.32 Å². The molecule has 9 heteroatoms. The zero-order valence-electron chi connectivity index (χ0n) is 15.5. The lowest BCUT2D eigenvalue weighted by atomic mass is 10.2. The predicted molar refractivity (Wildman–Crippen MR) is 108 cm³/mol. The van der Waals surface area contributed by atoms with E-state index in [4.69, 9.17) is 23.2 Å². The van der Waals surface area contributed by atoms with Gasteiger partial charge >= 0.3 is 6.18 Å². The van der Waals surface area contributed by atoms with E-state index in [1.54, 1.807) is 0 Å². The van der Waals surface area contributed by atoms with Gasteiger partial charge in [0.05, 0.1) is 22.8 Å². The minimum Gasteiger partial charge on any atom is -0.324 e. The summed E-state index contributed by atoms with van der Waals surface area (Å²) < 4.78 is 38.5. The number of rotatable bonds is 5. The van der Waals surface area contributed by atoms with Crippen LogP contribution in [0.5, 0.6) is 0 Å². The van der Waals surface area contributed by atoms with Crippen LogP contribution < -0.4 is 5.32 Å². The molecule has 2 aromatic rings. The Labute approximate surface area is 177 Å². The number of halogens is 5. The third kappa shape index (κ3) is 6.34. The van der Waals surface area contributed by atoms with Gasteiger partial charge in [-0.1, -0.05) is 35.3 Å². The number of piperazine rings is 1. The zero-order valence-corrected chi connectivity index (χ0v) is 17.0. The molecule has 0 spiro atoms. The third-order valence-corrected chi connectivity index (χ3v) is 5.30. The first-order chi connectivity index (χ1) is 13.7. The van der Waals surface area contributed by atoms with Crippen LogP contribution >= 0.6 is 23.2 Å². The van der Waals surface area contributed by atoms with Crippen LogP contribution in [0.4, 0.5) is 18.9 Å². The van der Waals surface area contributed by atoms with Crippen molar-refractivity contribution in [1.29, 1.82) is 0 Å². The number of amides is 1. The first-order valence-electron chi connectivity index (χ1n) is 9.06. The SMILES string of the molecule is O=C(CN1CCN(Cc2ccc(Cl)cc2)CC1)Nc1cc(C(F)(F)F)ccc1Cl. The van der Waals surface area contributed by atoms with Crippen molar-refractivity contribution in [3.8, 4) is 0 Å². The second kappa shape index (κ2) is 9.34. The molecule has 156 valence electrons. The van der Waals surface area contributed by atoms with Crippen molar-refractivity contribution in [3.63, 3.8) is 0 Å². The molecule has 1 aliphatic rings. The molecular formula is C20H20Cl2F3N3O. The van der Waals surface area contributed by atoms with Crippen LogP contribution in [0.2, 0.25) is 10.0 Å². The van der Waals surface area contributed by atoms with E-state index in [0.717, 1.165) is 37.8 Å². The maximum Gasteiger partial charge on any atom is 0.416 e. The number of carbonyl (C=O) groups excluding carboxylic acids is 1. The molecule has 29 heavy (non-hydrogen) atoms. The molecule has 1 N–H and O–H groups in total. The topological polar surface area (TPSA) is 35.6 Å². The summed E-state index contributed by atoms with van der Waals surface area (Å²) in [7, 11) is 0. The van der Waals surface area contributed by atoms with Crippen LogP contribution in [0.1, 0.15) is 11.1 Å². The molecule has 0 bridgehead atoms. The largest absolute Gasteiger partial charge is 0.416 e. The molecule has 1 fully saturated rings. The number of carbonyl (C=O) groups is 1. The van der Waals surface area contributed by atoms with Gasteiger partial charge in [0, 0.05) is 37.7 Å². The van der Waals surface area contributed by atoms with Gasteiger partial charge in [-0.05, 0) is 35.9 Å². The minimum atomic E-state index is -4.50. The van der Waals surface area contributed by atoms with Crippen molar-refractivity contribution in [2.45, 2.75) is 12.7 Å². The third-order valence-electron chi connectivity index (χ3n) is 4.72. The average molecular weight is 446 g/mol. The summed E-state index contributed by atoms with van der Waals surface area (Å²) >= 11 is 11.8. The predicted octanol–water partition coefficient (Wildman–Crippen LogP) is 4.77. The highest BCUT2D eigenvalue weighted by atomic mass is 35.5. The number of hydrogen-bond acceptors (Lipinski definition) is 3. The van der Waals surface area contributed by atoms with Crippen molar-refractivity contribution in [3.05, 3.63) is 63.6 Å². The molecule has 0 radical (unpaired) electrons. The highest BCUT2D eigenvalue weighted by Crippen LogP contribution is 2.33. The van der Waals surface area contributed by atoms with Crippen molar-refractivity contribution < 1.29 is 18.0 Å². The van der Waals surface area contributed by atoms with E-state index in [2.05, 4.69) is 10.2 Å². The van der Waals surface area contributed by atoms with Gasteiger partial charge in [0.15, 0.2) is 0 Å². The quantitative estimate of drug-likeness (QED) is 0.719. The average Bonchev–Trinajstić information content (AvgIpc) is 2.66. The minimum absolute atomic E-state index is 0.0344. The van der Waals surface area contributed by atoms with Crippen molar-refractivity contribution in [2.24, 2.45) is 0 Å². The second-order valence-corrected chi connectivity index (χ2v) is 7.76. The maximum absolute atomic E-state index is 12.8. The van der Waals surface area contributed by atoms with Crippen LogP contribution in [0.25, 0.3) is 0 Å². The molecule has 4 nitrogen and oxygen atoms in total. The summed E-state index contributed by atoms with van der Waals surface area (Å²) in [5, 5.41) is 3.26. The first-order valence-corrected chi connectivity index (χ1v) is 9.82. The molecular weight excluding hydrogens is 426 g/mol. The van der Waals surface area contributed by atoms with Crippen LogP contribution in [0, 0.1) is 0 Å². The number of benzene rings is 2. The summed E-state index contributed by atoms with van der Waals surface area (Å²) in [4.78, 5) is 16.5. The van der Waals surface area contributed by atoms with Gasteiger partial charge in [0.25, 0.3) is 0 Å². The van der Waals surface area contributed by atoms with Gasteiger partial charge in [-0.2, -0.15) is 13.2 Å². The normalized spacial score (nSPS) is 16.0. The summed E-state index contributed by atoms with van der Waals surface area (Å²) in [5.41, 5.74) is 0.278. The van der Waals surface area contributed by atoms with Crippen molar-refractivity contribution in [1.82, 2.24) is 9.80 Å².